The Hall–Kier alpha value is -1.05. The van der Waals surface area contributed by atoms with Crippen LogP contribution in [0.3, 0.4) is 0 Å². The number of nitrogens with one attached hydrogen (secondary N) is 1. The van der Waals surface area contributed by atoms with Crippen molar-refractivity contribution in [2.45, 2.75) is 44.8 Å². The van der Waals surface area contributed by atoms with Gasteiger partial charge < -0.3 is 14.2 Å². The monoisotopic (exact) mass is 448 g/mol. The first-order chi connectivity index (χ1) is 13.4. The third-order valence-electron chi connectivity index (χ3n) is 5.24. The van der Waals surface area contributed by atoms with Crippen LogP contribution in [-0.2, 0) is 19.0 Å². The maximum atomic E-state index is 12.9. The molecule has 2 fully saturated rings. The molecule has 0 aromatic heterocycles. The molecule has 1 aliphatic heterocycles. The number of carbonyl (C=O) groups is 1. The first-order valence-corrected chi connectivity index (χ1v) is 10.3. The van der Waals surface area contributed by atoms with Gasteiger partial charge in [-0.1, -0.05) is 48.1 Å². The maximum Gasteiger partial charge on any atom is 0.317 e. The van der Waals surface area contributed by atoms with Crippen LogP contribution in [0.25, 0.3) is 0 Å². The quantitative estimate of drug-likeness (QED) is 0.375. The van der Waals surface area contributed by atoms with Crippen LogP contribution in [0, 0.1) is 5.41 Å². The third-order valence-corrected chi connectivity index (χ3v) is 6.26. The molecule has 1 saturated carbocycles. The van der Waals surface area contributed by atoms with Gasteiger partial charge in [-0.25, -0.2) is 0 Å². The smallest absolute Gasteiger partial charge is 0.317 e. The highest BCUT2D eigenvalue weighted by Gasteiger charge is 2.56. The van der Waals surface area contributed by atoms with Crippen LogP contribution in [0.1, 0.15) is 39.0 Å². The van der Waals surface area contributed by atoms with Gasteiger partial charge in [-0.15, -0.1) is 0 Å². The van der Waals surface area contributed by atoms with Crippen LogP contribution in [0.2, 0.25) is 15.1 Å². The van der Waals surface area contributed by atoms with E-state index in [1.807, 2.05) is 6.92 Å². The van der Waals surface area contributed by atoms with Crippen molar-refractivity contribution < 1.29 is 19.0 Å². The SMILES string of the molecule is CCCC1(C(=O)OC)CC2(CCC1=NNc1cc(Cl)cc(Cl)c1Cl)OCCO2. The number of hydrogen-bond acceptors (Lipinski definition) is 6. The molecule has 6 nitrogen and oxygen atoms in total. The van der Waals surface area contributed by atoms with Crippen molar-refractivity contribution in [3.8, 4) is 0 Å². The number of esters is 1. The minimum Gasteiger partial charge on any atom is -0.468 e. The van der Waals surface area contributed by atoms with E-state index in [-0.39, 0.29) is 5.97 Å². The number of halogens is 3. The summed E-state index contributed by atoms with van der Waals surface area (Å²) < 4.78 is 16.9. The van der Waals surface area contributed by atoms with Gasteiger partial charge in [0.2, 0.25) is 0 Å². The molecule has 2 aliphatic rings. The van der Waals surface area contributed by atoms with Gasteiger partial charge in [0.25, 0.3) is 0 Å². The summed E-state index contributed by atoms with van der Waals surface area (Å²) in [5, 5.41) is 5.61. The van der Waals surface area contributed by atoms with Crippen molar-refractivity contribution in [2.24, 2.45) is 10.5 Å². The number of rotatable bonds is 5. The minimum atomic E-state index is -0.937. The lowest BCUT2D eigenvalue weighted by Gasteiger charge is -2.43. The molecule has 9 heteroatoms. The summed E-state index contributed by atoms with van der Waals surface area (Å²) in [4.78, 5) is 12.9. The lowest BCUT2D eigenvalue weighted by Crippen LogP contribution is -2.52. The molecule has 1 N–H and O–H groups in total. The number of hydrogen-bond donors (Lipinski definition) is 1. The van der Waals surface area contributed by atoms with E-state index in [0.717, 1.165) is 6.42 Å². The lowest BCUT2D eigenvalue weighted by atomic mass is 9.67. The maximum absolute atomic E-state index is 12.9. The van der Waals surface area contributed by atoms with Crippen molar-refractivity contribution in [1.82, 2.24) is 0 Å². The fourth-order valence-corrected chi connectivity index (χ4v) is 4.66. The average molecular weight is 450 g/mol. The molecule has 1 atom stereocenters. The Bertz CT molecular complexity index is 781. The highest BCUT2D eigenvalue weighted by molar-refractivity contribution is 6.45. The van der Waals surface area contributed by atoms with Gasteiger partial charge in [0.1, 0.15) is 5.41 Å². The summed E-state index contributed by atoms with van der Waals surface area (Å²) in [5.41, 5.74) is 3.14. The van der Waals surface area contributed by atoms with E-state index in [2.05, 4.69) is 10.5 Å². The van der Waals surface area contributed by atoms with Crippen molar-refractivity contribution in [2.75, 3.05) is 25.7 Å². The number of nitrogens with zero attached hydrogens (tertiary/aromatic N) is 1. The highest BCUT2D eigenvalue weighted by Crippen LogP contribution is 2.47. The van der Waals surface area contributed by atoms with Crippen LogP contribution >= 0.6 is 34.8 Å². The van der Waals surface area contributed by atoms with Crippen LogP contribution in [0.4, 0.5) is 5.69 Å². The number of hydrazone groups is 1. The number of methoxy groups -OCH3 is 1. The topological polar surface area (TPSA) is 69.2 Å². The second-order valence-electron chi connectivity index (χ2n) is 7.03. The normalized spacial score (nSPS) is 25.2. The zero-order valence-corrected chi connectivity index (χ0v) is 18.1. The van der Waals surface area contributed by atoms with Gasteiger partial charge in [0.05, 0.1) is 41.8 Å². The van der Waals surface area contributed by atoms with E-state index in [4.69, 9.17) is 49.0 Å². The van der Waals surface area contributed by atoms with Crippen LogP contribution in [-0.4, -0.2) is 37.8 Å². The molecule has 1 aromatic rings. The first kappa shape index (κ1) is 21.7. The molecule has 1 saturated heterocycles. The van der Waals surface area contributed by atoms with Gasteiger partial charge in [0.15, 0.2) is 5.79 Å². The standard InChI is InChI=1S/C19H23Cl3N2O4/c1-3-5-18(17(25)26-2)11-19(27-7-8-28-19)6-4-15(18)24-23-14-10-12(20)9-13(21)16(14)22/h9-10,23H,3-8,11H2,1-2H3. The average Bonchev–Trinajstić information content (AvgIpc) is 3.11. The van der Waals surface area contributed by atoms with Crippen LogP contribution in [0.15, 0.2) is 17.2 Å². The fourth-order valence-electron chi connectivity index (χ4n) is 4.02. The Morgan fingerprint density at radius 1 is 1.29 bits per heavy atom. The third kappa shape index (κ3) is 4.12. The van der Waals surface area contributed by atoms with Crippen molar-refractivity contribution in [3.05, 3.63) is 27.2 Å². The molecule has 154 valence electrons. The predicted octanol–water partition coefficient (Wildman–Crippen LogP) is 5.30. The molecule has 1 aliphatic carbocycles. The van der Waals surface area contributed by atoms with Gasteiger partial charge in [0, 0.05) is 17.9 Å². The molecule has 1 heterocycles. The Labute approximate surface area is 179 Å². The number of anilines is 1. The molecule has 0 amide bonds. The van der Waals surface area contributed by atoms with E-state index < -0.39 is 11.2 Å². The Morgan fingerprint density at radius 3 is 2.64 bits per heavy atom. The molecule has 0 radical (unpaired) electrons. The Morgan fingerprint density at radius 2 is 2.00 bits per heavy atom. The second kappa shape index (κ2) is 8.76. The number of ether oxygens (including phenoxy) is 3. The summed E-state index contributed by atoms with van der Waals surface area (Å²) >= 11 is 18.4. The molecule has 28 heavy (non-hydrogen) atoms. The van der Waals surface area contributed by atoms with E-state index in [9.17, 15) is 4.79 Å². The molecule has 1 unspecified atom stereocenters. The summed E-state index contributed by atoms with van der Waals surface area (Å²) in [5.74, 6) is -1.11. The number of carbonyl (C=O) groups excluding carboxylic acids is 1. The van der Waals surface area contributed by atoms with Crippen molar-refractivity contribution in [1.29, 1.82) is 0 Å². The lowest BCUT2D eigenvalue weighted by molar-refractivity contribution is -0.194. The van der Waals surface area contributed by atoms with E-state index in [1.54, 1.807) is 12.1 Å². The van der Waals surface area contributed by atoms with Crippen molar-refractivity contribution in [3.63, 3.8) is 0 Å². The van der Waals surface area contributed by atoms with Gasteiger partial charge in [-0.2, -0.15) is 5.10 Å². The second-order valence-corrected chi connectivity index (χ2v) is 8.25. The summed E-state index contributed by atoms with van der Waals surface area (Å²) in [7, 11) is 1.38. The van der Waals surface area contributed by atoms with E-state index in [1.165, 1.54) is 7.11 Å². The summed E-state index contributed by atoms with van der Waals surface area (Å²) in [6, 6.07) is 3.19. The highest BCUT2D eigenvalue weighted by atomic mass is 35.5. The predicted molar refractivity (Wildman–Crippen MR) is 110 cm³/mol. The first-order valence-electron chi connectivity index (χ1n) is 9.20. The van der Waals surface area contributed by atoms with Gasteiger partial charge in [-0.05, 0) is 25.0 Å². The zero-order chi connectivity index (χ0) is 20.4. The molecular formula is C19H23Cl3N2O4. The fraction of sp³-hybridized carbons (Fsp3) is 0.579. The summed E-state index contributed by atoms with van der Waals surface area (Å²) in [6.07, 6.45) is 2.84. The van der Waals surface area contributed by atoms with Gasteiger partial charge >= 0.3 is 5.97 Å². The Balaban J connectivity index is 1.97. The summed E-state index contributed by atoms with van der Waals surface area (Å²) in [6.45, 7) is 3.05. The molecule has 1 aromatic carbocycles. The van der Waals surface area contributed by atoms with E-state index in [0.29, 0.717) is 65.4 Å². The van der Waals surface area contributed by atoms with Crippen molar-refractivity contribution >= 4 is 52.2 Å². The minimum absolute atomic E-state index is 0.310. The molecule has 1 spiro atoms. The molecule has 0 bridgehead atoms. The van der Waals surface area contributed by atoms with Crippen LogP contribution in [0.5, 0.6) is 0 Å². The molecular weight excluding hydrogens is 427 g/mol. The largest absolute Gasteiger partial charge is 0.468 e. The number of benzene rings is 1. The Kier molecular flexibility index (Phi) is 6.77. The van der Waals surface area contributed by atoms with E-state index >= 15 is 0 Å². The van der Waals surface area contributed by atoms with Crippen LogP contribution < -0.4 is 5.43 Å². The van der Waals surface area contributed by atoms with Gasteiger partial charge in [-0.3, -0.25) is 10.2 Å². The molecule has 3 rings (SSSR count). The zero-order valence-electron chi connectivity index (χ0n) is 15.8.